The molecule has 15 heavy (non-hydrogen) atoms. The molecule has 0 atom stereocenters. The Labute approximate surface area is 91.1 Å². The summed E-state index contributed by atoms with van der Waals surface area (Å²) >= 11 is -0.0882. The van der Waals surface area contributed by atoms with E-state index in [9.17, 15) is 13.2 Å². The van der Waals surface area contributed by atoms with Gasteiger partial charge in [-0.3, -0.25) is 0 Å². The molecule has 0 aromatic carbocycles. The Hall–Kier alpha value is 0.0200. The molecule has 0 saturated heterocycles. The Morgan fingerprint density at radius 2 is 1.73 bits per heavy atom. The van der Waals surface area contributed by atoms with Gasteiger partial charge in [-0.1, -0.05) is 6.92 Å². The molecule has 92 valence electrons. The van der Waals surface area contributed by atoms with Crippen molar-refractivity contribution in [3.63, 3.8) is 0 Å². The first-order valence-corrected chi connectivity index (χ1v) is 5.45. The predicted molar refractivity (Wildman–Crippen MR) is 53.7 cm³/mol. The van der Waals surface area contributed by atoms with Crippen LogP contribution in [0.5, 0.6) is 0 Å². The first-order chi connectivity index (χ1) is 6.83. The molecule has 0 aliphatic heterocycles. The monoisotopic (exact) mass is 247 g/mol. The molecule has 7 heteroatoms. The lowest BCUT2D eigenvalue weighted by Crippen LogP contribution is -2.38. The first kappa shape index (κ1) is 15.0. The van der Waals surface area contributed by atoms with E-state index >= 15 is 0 Å². The van der Waals surface area contributed by atoms with Gasteiger partial charge in [0.15, 0.2) is 0 Å². The third-order valence-corrected chi connectivity index (χ3v) is 2.60. The zero-order valence-electron chi connectivity index (χ0n) is 8.47. The SMILES string of the molecule is CC(CO)(CO)CNCCSC(F)(F)F. The standard InChI is InChI=1S/C8H16F3NO2S/c1-7(5-13,6-14)4-12-2-3-15-8(9,10)11/h12-14H,2-6H2,1H3. The molecule has 0 spiro atoms. The average molecular weight is 247 g/mol. The average Bonchev–Trinajstić information content (AvgIpc) is 2.15. The van der Waals surface area contributed by atoms with Crippen LogP contribution in [0.25, 0.3) is 0 Å². The van der Waals surface area contributed by atoms with Crippen molar-refractivity contribution in [2.75, 3.05) is 32.1 Å². The molecule has 0 radical (unpaired) electrons. The van der Waals surface area contributed by atoms with Crippen LogP contribution in [-0.4, -0.2) is 47.8 Å². The molecule has 0 rings (SSSR count). The number of hydrogen-bond donors (Lipinski definition) is 3. The van der Waals surface area contributed by atoms with Gasteiger partial charge < -0.3 is 15.5 Å². The van der Waals surface area contributed by atoms with E-state index in [2.05, 4.69) is 5.32 Å². The predicted octanol–water partition coefficient (Wildman–Crippen LogP) is 0.820. The second kappa shape index (κ2) is 6.57. The highest BCUT2D eigenvalue weighted by Gasteiger charge is 2.27. The lowest BCUT2D eigenvalue weighted by atomic mass is 9.93. The molecule has 0 unspecified atom stereocenters. The van der Waals surface area contributed by atoms with Crippen LogP contribution < -0.4 is 5.32 Å². The Balaban J connectivity index is 3.54. The lowest BCUT2D eigenvalue weighted by molar-refractivity contribution is -0.0327. The third-order valence-electron chi connectivity index (χ3n) is 1.86. The van der Waals surface area contributed by atoms with E-state index in [0.717, 1.165) is 0 Å². The topological polar surface area (TPSA) is 52.5 Å². The lowest BCUT2D eigenvalue weighted by Gasteiger charge is -2.24. The van der Waals surface area contributed by atoms with E-state index in [1.807, 2.05) is 0 Å². The summed E-state index contributed by atoms with van der Waals surface area (Å²) in [6, 6.07) is 0. The second-order valence-corrected chi connectivity index (χ2v) is 4.76. The minimum absolute atomic E-state index is 0.0730. The quantitative estimate of drug-likeness (QED) is 0.583. The van der Waals surface area contributed by atoms with E-state index in [1.165, 1.54) is 0 Å². The largest absolute Gasteiger partial charge is 0.441 e. The molecule has 0 aliphatic rings. The smallest absolute Gasteiger partial charge is 0.396 e. The van der Waals surface area contributed by atoms with Crippen molar-refractivity contribution in [3.8, 4) is 0 Å². The summed E-state index contributed by atoms with van der Waals surface area (Å²) < 4.78 is 35.1. The van der Waals surface area contributed by atoms with Gasteiger partial charge in [0.1, 0.15) is 0 Å². The van der Waals surface area contributed by atoms with Crippen LogP contribution in [0.3, 0.4) is 0 Å². The Bertz CT molecular complexity index is 174. The van der Waals surface area contributed by atoms with Crippen LogP contribution in [0.1, 0.15) is 6.92 Å². The van der Waals surface area contributed by atoms with Gasteiger partial charge in [-0.15, -0.1) is 0 Å². The fraction of sp³-hybridized carbons (Fsp3) is 1.00. The molecule has 0 saturated carbocycles. The highest BCUT2D eigenvalue weighted by Crippen LogP contribution is 2.29. The number of alkyl halides is 3. The number of aliphatic hydroxyl groups is 2. The van der Waals surface area contributed by atoms with Gasteiger partial charge in [0.05, 0.1) is 13.2 Å². The number of halogens is 3. The fourth-order valence-corrected chi connectivity index (χ4v) is 1.27. The second-order valence-electron chi connectivity index (χ2n) is 3.60. The molecular formula is C8H16F3NO2S. The molecule has 0 aliphatic carbocycles. The molecule has 0 heterocycles. The number of thioether (sulfide) groups is 1. The van der Waals surface area contributed by atoms with Gasteiger partial charge in [0, 0.05) is 24.3 Å². The minimum atomic E-state index is -4.20. The summed E-state index contributed by atoms with van der Waals surface area (Å²) in [5, 5.41) is 20.5. The van der Waals surface area contributed by atoms with Crippen molar-refractivity contribution in [2.24, 2.45) is 5.41 Å². The van der Waals surface area contributed by atoms with Crippen LogP contribution in [-0.2, 0) is 0 Å². The minimum Gasteiger partial charge on any atom is -0.396 e. The maximum atomic E-state index is 11.7. The van der Waals surface area contributed by atoms with Crippen LogP contribution in [0, 0.1) is 5.41 Å². The van der Waals surface area contributed by atoms with Crippen LogP contribution in [0.4, 0.5) is 13.2 Å². The van der Waals surface area contributed by atoms with Crippen molar-refractivity contribution in [3.05, 3.63) is 0 Å². The molecule has 0 aromatic heterocycles. The molecule has 3 nitrogen and oxygen atoms in total. The van der Waals surface area contributed by atoms with E-state index in [1.54, 1.807) is 6.92 Å². The van der Waals surface area contributed by atoms with Gasteiger partial charge in [0.25, 0.3) is 0 Å². The van der Waals surface area contributed by atoms with Crippen molar-refractivity contribution in [2.45, 2.75) is 12.4 Å². The van der Waals surface area contributed by atoms with E-state index < -0.39 is 10.9 Å². The van der Waals surface area contributed by atoms with E-state index in [-0.39, 0.29) is 37.3 Å². The van der Waals surface area contributed by atoms with Crippen LogP contribution in [0.15, 0.2) is 0 Å². The van der Waals surface area contributed by atoms with E-state index in [0.29, 0.717) is 6.54 Å². The Morgan fingerprint density at radius 1 is 1.20 bits per heavy atom. The summed E-state index contributed by atoms with van der Waals surface area (Å²) in [4.78, 5) is 0. The Morgan fingerprint density at radius 3 is 2.13 bits per heavy atom. The Kier molecular flexibility index (Phi) is 6.58. The van der Waals surface area contributed by atoms with Crippen LogP contribution in [0.2, 0.25) is 0 Å². The third kappa shape index (κ3) is 7.89. The number of hydrogen-bond acceptors (Lipinski definition) is 4. The molecule has 0 amide bonds. The van der Waals surface area contributed by atoms with E-state index in [4.69, 9.17) is 10.2 Å². The van der Waals surface area contributed by atoms with Gasteiger partial charge in [-0.2, -0.15) is 13.2 Å². The zero-order valence-corrected chi connectivity index (χ0v) is 9.29. The summed E-state index contributed by atoms with van der Waals surface area (Å²) in [6.07, 6.45) is 0. The highest BCUT2D eigenvalue weighted by molar-refractivity contribution is 8.00. The van der Waals surface area contributed by atoms with Crippen LogP contribution >= 0.6 is 11.8 Å². The molecule has 0 aromatic rings. The first-order valence-electron chi connectivity index (χ1n) is 4.46. The van der Waals surface area contributed by atoms with Gasteiger partial charge in [-0.05, 0) is 11.8 Å². The number of nitrogens with one attached hydrogen (secondary N) is 1. The van der Waals surface area contributed by atoms with Gasteiger partial charge >= 0.3 is 5.51 Å². The van der Waals surface area contributed by atoms with Crippen molar-refractivity contribution in [1.29, 1.82) is 0 Å². The van der Waals surface area contributed by atoms with Crippen molar-refractivity contribution >= 4 is 11.8 Å². The number of rotatable bonds is 7. The molecule has 0 fully saturated rings. The maximum Gasteiger partial charge on any atom is 0.441 e. The normalized spacial score (nSPS) is 13.2. The van der Waals surface area contributed by atoms with Gasteiger partial charge in [-0.25, -0.2) is 0 Å². The summed E-state index contributed by atoms with van der Waals surface area (Å²) in [5.41, 5.74) is -4.87. The zero-order chi connectivity index (χ0) is 11.9. The summed E-state index contributed by atoms with van der Waals surface area (Å²) in [7, 11) is 0. The maximum absolute atomic E-state index is 11.7. The summed E-state index contributed by atoms with van der Waals surface area (Å²) in [5.74, 6) is -0.0730. The number of aliphatic hydroxyl groups excluding tert-OH is 2. The summed E-state index contributed by atoms with van der Waals surface area (Å²) in [6.45, 7) is 1.72. The van der Waals surface area contributed by atoms with Gasteiger partial charge in [0.2, 0.25) is 0 Å². The van der Waals surface area contributed by atoms with Crippen molar-refractivity contribution in [1.82, 2.24) is 5.32 Å². The molecule has 3 N–H and O–H groups in total. The molecule has 0 bridgehead atoms. The highest BCUT2D eigenvalue weighted by atomic mass is 32.2. The molecular weight excluding hydrogens is 231 g/mol. The fourth-order valence-electron chi connectivity index (χ4n) is 0.791. The van der Waals surface area contributed by atoms with Crippen molar-refractivity contribution < 1.29 is 23.4 Å².